The van der Waals surface area contributed by atoms with E-state index >= 15 is 0 Å². The standard InChI is InChI=1S/C22H28O.C21H27NO2.C18H20N2/c1-14(2)16-6-8-18-20(10-11-23-5)22-13-17(15(3)4)7-9-19(22)21(18)12-16;1-20(2,3)13-8-10-17-16(11-13)22-19(23)15-9-7-14(21(4,5)6)12-18(15)24-17;1-11(2)13-5-7-15-17(9-13)19-16-8-6-14(12(3)4)10-18(16)20-15/h6-9,12-15,20H,10-11H2,1-5H3;7-12,15,18H,1-6H3,(H,22,23);5-12H,1-4H3. The molecule has 6 aromatic rings. The minimum Gasteiger partial charge on any atom is -0.483 e. The minimum absolute atomic E-state index is 0.00901. The van der Waals surface area contributed by atoms with E-state index in [1.165, 1.54) is 55.6 Å². The number of nitrogens with zero attached hydrogens (tertiary/aromatic N) is 2. The molecular weight excluding hydrogens is 823 g/mol. The fourth-order valence-electron chi connectivity index (χ4n) is 9.14. The summed E-state index contributed by atoms with van der Waals surface area (Å²) in [5, 5.41) is 3.04. The highest BCUT2D eigenvalue weighted by molar-refractivity contribution is 5.97. The Morgan fingerprint density at radius 1 is 0.612 bits per heavy atom. The lowest BCUT2D eigenvalue weighted by Crippen LogP contribution is -2.34. The number of carbonyl (C=O) groups is 1. The van der Waals surface area contributed by atoms with E-state index in [4.69, 9.17) is 19.4 Å². The molecule has 0 saturated carbocycles. The normalized spacial score (nSPS) is 17.4. The Kier molecular flexibility index (Phi) is 14.7. The van der Waals surface area contributed by atoms with E-state index < -0.39 is 0 Å². The molecule has 0 spiro atoms. The van der Waals surface area contributed by atoms with Gasteiger partial charge in [0.2, 0.25) is 5.91 Å². The monoisotopic (exact) mass is 898 g/mol. The van der Waals surface area contributed by atoms with Crippen molar-refractivity contribution in [1.29, 1.82) is 0 Å². The first-order valence-electron chi connectivity index (χ1n) is 24.6. The van der Waals surface area contributed by atoms with E-state index in [9.17, 15) is 4.79 Å². The molecule has 0 radical (unpaired) electrons. The van der Waals surface area contributed by atoms with E-state index in [0.29, 0.717) is 29.6 Å². The minimum atomic E-state index is -0.290. The molecule has 5 aromatic carbocycles. The van der Waals surface area contributed by atoms with Crippen LogP contribution in [0.15, 0.2) is 115 Å². The summed E-state index contributed by atoms with van der Waals surface area (Å²) in [7, 11) is 1.79. The summed E-state index contributed by atoms with van der Waals surface area (Å²) in [6, 6.07) is 33.0. The highest BCUT2D eigenvalue weighted by Crippen LogP contribution is 2.48. The first-order chi connectivity index (χ1) is 31.6. The van der Waals surface area contributed by atoms with Crippen molar-refractivity contribution in [2.45, 2.75) is 144 Å². The molecule has 2 aliphatic carbocycles. The number of rotatable bonds is 7. The summed E-state index contributed by atoms with van der Waals surface area (Å²) in [6.45, 7) is 31.7. The van der Waals surface area contributed by atoms with Crippen molar-refractivity contribution in [2.24, 2.45) is 11.3 Å². The van der Waals surface area contributed by atoms with Gasteiger partial charge in [0.25, 0.3) is 0 Å². The van der Waals surface area contributed by atoms with Gasteiger partial charge in [-0.15, -0.1) is 0 Å². The predicted octanol–water partition coefficient (Wildman–Crippen LogP) is 16.0. The van der Waals surface area contributed by atoms with Crippen LogP contribution in [-0.4, -0.2) is 35.7 Å². The Morgan fingerprint density at radius 3 is 1.72 bits per heavy atom. The molecule has 0 fully saturated rings. The molecule has 0 saturated heterocycles. The fraction of sp³-hybridized carbons (Fsp3) is 0.426. The van der Waals surface area contributed by atoms with Crippen LogP contribution in [0.2, 0.25) is 0 Å². The zero-order valence-corrected chi connectivity index (χ0v) is 43.0. The van der Waals surface area contributed by atoms with E-state index in [-0.39, 0.29) is 28.8 Å². The summed E-state index contributed by atoms with van der Waals surface area (Å²) < 4.78 is 11.6. The maximum absolute atomic E-state index is 12.7. The molecule has 1 aliphatic heterocycles. The molecule has 6 heteroatoms. The number of aromatic nitrogens is 2. The van der Waals surface area contributed by atoms with Crippen molar-refractivity contribution < 1.29 is 14.3 Å². The third kappa shape index (κ3) is 11.1. The molecule has 9 rings (SSSR count). The Labute approximate surface area is 401 Å². The Balaban J connectivity index is 0.000000150. The number of fused-ring (bicyclic) bond motifs is 7. The van der Waals surface area contributed by atoms with Crippen molar-refractivity contribution in [3.63, 3.8) is 0 Å². The number of hydrogen-bond acceptors (Lipinski definition) is 5. The van der Waals surface area contributed by atoms with Gasteiger partial charge in [-0.2, -0.15) is 0 Å². The highest BCUT2D eigenvalue weighted by Gasteiger charge is 2.35. The summed E-state index contributed by atoms with van der Waals surface area (Å²) in [5.41, 5.74) is 18.4. The van der Waals surface area contributed by atoms with Gasteiger partial charge >= 0.3 is 0 Å². The number of amides is 1. The Hall–Kier alpha value is -5.59. The average molecular weight is 898 g/mol. The lowest BCUT2D eigenvalue weighted by atomic mass is 9.80. The van der Waals surface area contributed by atoms with Crippen molar-refractivity contribution >= 4 is 33.7 Å². The number of carbonyl (C=O) groups excluding carboxylic acids is 1. The molecule has 67 heavy (non-hydrogen) atoms. The van der Waals surface area contributed by atoms with Crippen LogP contribution in [-0.2, 0) is 14.9 Å². The van der Waals surface area contributed by atoms with Crippen LogP contribution < -0.4 is 10.1 Å². The van der Waals surface area contributed by atoms with Crippen molar-refractivity contribution in [1.82, 2.24) is 9.97 Å². The molecule has 3 atom stereocenters. The smallest absolute Gasteiger partial charge is 0.235 e. The van der Waals surface area contributed by atoms with Gasteiger partial charge < -0.3 is 14.8 Å². The second-order valence-corrected chi connectivity index (χ2v) is 22.2. The number of ether oxygens (including phenoxy) is 2. The summed E-state index contributed by atoms with van der Waals surface area (Å²) >= 11 is 0. The maximum atomic E-state index is 12.7. The second-order valence-electron chi connectivity index (χ2n) is 22.2. The third-order valence-corrected chi connectivity index (χ3v) is 13.7. The molecule has 3 unspecified atom stereocenters. The highest BCUT2D eigenvalue weighted by atomic mass is 16.5. The van der Waals surface area contributed by atoms with Gasteiger partial charge in [0.1, 0.15) is 11.9 Å². The fourth-order valence-corrected chi connectivity index (χ4v) is 9.14. The lowest BCUT2D eigenvalue weighted by Gasteiger charge is -2.29. The van der Waals surface area contributed by atoms with Crippen LogP contribution in [0.5, 0.6) is 5.75 Å². The van der Waals surface area contributed by atoms with Gasteiger partial charge in [-0.3, -0.25) is 4.79 Å². The number of allylic oxidation sites excluding steroid dienone is 2. The average Bonchev–Trinajstić information content (AvgIpc) is 3.50. The van der Waals surface area contributed by atoms with E-state index in [2.05, 4.69) is 193 Å². The molecule has 3 aliphatic rings. The number of hydrogen-bond donors (Lipinski definition) is 1. The van der Waals surface area contributed by atoms with Gasteiger partial charge in [0, 0.05) is 19.6 Å². The van der Waals surface area contributed by atoms with Crippen LogP contribution in [0.4, 0.5) is 5.69 Å². The summed E-state index contributed by atoms with van der Waals surface area (Å²) in [4.78, 5) is 22.2. The second kappa shape index (κ2) is 19.9. The molecule has 1 N–H and O–H groups in total. The van der Waals surface area contributed by atoms with E-state index in [0.717, 1.165) is 46.5 Å². The predicted molar refractivity (Wildman–Crippen MR) is 282 cm³/mol. The quantitative estimate of drug-likeness (QED) is 0.162. The van der Waals surface area contributed by atoms with Crippen molar-refractivity contribution in [3.05, 3.63) is 154 Å². The van der Waals surface area contributed by atoms with Crippen LogP contribution in [0, 0.1) is 11.3 Å². The molecule has 1 aromatic heterocycles. The molecule has 1 amide bonds. The van der Waals surface area contributed by atoms with Gasteiger partial charge in [-0.1, -0.05) is 164 Å². The molecule has 6 nitrogen and oxygen atoms in total. The van der Waals surface area contributed by atoms with E-state index in [1.54, 1.807) is 7.11 Å². The third-order valence-electron chi connectivity index (χ3n) is 13.7. The summed E-state index contributed by atoms with van der Waals surface area (Å²) in [6.07, 6.45) is 6.92. The van der Waals surface area contributed by atoms with E-state index in [1.807, 2.05) is 18.2 Å². The van der Waals surface area contributed by atoms with Crippen molar-refractivity contribution in [3.8, 4) is 16.9 Å². The lowest BCUT2D eigenvalue weighted by molar-refractivity contribution is -0.119. The number of nitrogens with one attached hydrogen (secondary N) is 1. The summed E-state index contributed by atoms with van der Waals surface area (Å²) in [5.74, 6) is 3.07. The van der Waals surface area contributed by atoms with Crippen molar-refractivity contribution in [2.75, 3.05) is 19.0 Å². The number of benzene rings is 5. The zero-order valence-electron chi connectivity index (χ0n) is 43.0. The first kappa shape index (κ1) is 49.3. The van der Waals surface area contributed by atoms with Gasteiger partial charge in [-0.05, 0) is 139 Å². The number of anilines is 1. The topological polar surface area (TPSA) is 73.3 Å². The molecule has 0 bridgehead atoms. The first-order valence-corrected chi connectivity index (χ1v) is 24.6. The Bertz CT molecular complexity index is 2750. The van der Waals surface area contributed by atoms with Crippen LogP contribution in [0.3, 0.4) is 0 Å². The van der Waals surface area contributed by atoms with Gasteiger partial charge in [0.15, 0.2) is 0 Å². The molecule has 2 heterocycles. The zero-order chi connectivity index (χ0) is 48.5. The van der Waals surface area contributed by atoms with Crippen LogP contribution in [0.25, 0.3) is 33.2 Å². The van der Waals surface area contributed by atoms with Gasteiger partial charge in [-0.25, -0.2) is 9.97 Å². The van der Waals surface area contributed by atoms with Crippen LogP contribution >= 0.6 is 0 Å². The SMILES string of the molecule is CC(C)(C)C1=CC2Oc3ccc(C(C)(C)C)cc3NC(=O)C2C=C1.CC(C)c1ccc2nc3cc(C(C)C)ccc3nc2c1.COCCC1c2ccc(C(C)C)cc2-c2ccc(C(C)C)cc21. The molecular formula is C61H75N3O3. The molecule has 352 valence electrons. The maximum Gasteiger partial charge on any atom is 0.235 e. The largest absolute Gasteiger partial charge is 0.483 e. The Morgan fingerprint density at radius 2 is 1.16 bits per heavy atom. The van der Waals surface area contributed by atoms with Gasteiger partial charge in [0.05, 0.1) is 33.7 Å². The van der Waals surface area contributed by atoms with Crippen LogP contribution in [0.1, 0.15) is 172 Å². The number of methoxy groups -OCH3 is 1.